The zero-order valence-electron chi connectivity index (χ0n) is 19.3. The molecule has 2 aliphatic heterocycles. The zero-order chi connectivity index (χ0) is 24.6. The molecule has 2 aromatic carbocycles. The summed E-state index contributed by atoms with van der Waals surface area (Å²) in [5, 5.41) is 7.21. The molecular formula is C25H24N4O6. The number of hydrogen-bond donors (Lipinski definition) is 1. The molecule has 1 aromatic heterocycles. The zero-order valence-corrected chi connectivity index (χ0v) is 19.3. The van der Waals surface area contributed by atoms with Crippen molar-refractivity contribution in [2.75, 3.05) is 18.3 Å². The Hall–Kier alpha value is -4.34. The van der Waals surface area contributed by atoms with Gasteiger partial charge < -0.3 is 19.5 Å². The van der Waals surface area contributed by atoms with Crippen molar-refractivity contribution in [3.63, 3.8) is 0 Å². The second kappa shape index (κ2) is 8.79. The maximum Gasteiger partial charge on any atom is 0.358 e. The number of anilines is 1. The molecule has 0 spiro atoms. The minimum Gasteiger partial charge on any atom is -0.461 e. The van der Waals surface area contributed by atoms with Crippen molar-refractivity contribution < 1.29 is 28.6 Å². The van der Waals surface area contributed by atoms with Crippen molar-refractivity contribution in [3.8, 4) is 11.5 Å². The Kier molecular flexibility index (Phi) is 5.64. The van der Waals surface area contributed by atoms with Gasteiger partial charge in [0.2, 0.25) is 12.7 Å². The lowest BCUT2D eigenvalue weighted by Gasteiger charge is -2.43. The highest BCUT2D eigenvalue weighted by Crippen LogP contribution is 2.39. The highest BCUT2D eigenvalue weighted by atomic mass is 16.7. The Bertz CT molecular complexity index is 1300. The third-order valence-corrected chi connectivity index (χ3v) is 6.04. The van der Waals surface area contributed by atoms with Crippen molar-refractivity contribution in [2.45, 2.75) is 32.5 Å². The molecule has 0 saturated heterocycles. The van der Waals surface area contributed by atoms with Crippen LogP contribution in [0.3, 0.4) is 0 Å². The number of carbonyl (C=O) groups excluding carboxylic acids is 3. The van der Waals surface area contributed by atoms with Crippen LogP contribution >= 0.6 is 0 Å². The first-order valence-corrected chi connectivity index (χ1v) is 11.2. The van der Waals surface area contributed by atoms with Gasteiger partial charge >= 0.3 is 5.97 Å². The van der Waals surface area contributed by atoms with Gasteiger partial charge in [0, 0.05) is 24.4 Å². The summed E-state index contributed by atoms with van der Waals surface area (Å²) in [5.41, 5.74) is 0.214. The fraction of sp³-hybridized carbons (Fsp3) is 0.280. The van der Waals surface area contributed by atoms with Gasteiger partial charge in [-0.05, 0) is 31.5 Å². The van der Waals surface area contributed by atoms with Gasteiger partial charge in [0.25, 0.3) is 5.91 Å². The molecule has 180 valence electrons. The fourth-order valence-electron chi connectivity index (χ4n) is 4.28. The molecule has 10 nitrogen and oxygen atoms in total. The molecule has 2 amide bonds. The largest absolute Gasteiger partial charge is 0.461 e. The van der Waals surface area contributed by atoms with E-state index >= 15 is 0 Å². The Morgan fingerprint density at radius 2 is 1.89 bits per heavy atom. The number of nitrogens with one attached hydrogen (secondary N) is 1. The van der Waals surface area contributed by atoms with Crippen LogP contribution < -0.4 is 19.7 Å². The summed E-state index contributed by atoms with van der Waals surface area (Å²) in [5.74, 6) is -0.439. The molecule has 5 rings (SSSR count). The van der Waals surface area contributed by atoms with Crippen LogP contribution in [0, 0.1) is 0 Å². The van der Waals surface area contributed by atoms with E-state index in [1.807, 2.05) is 30.3 Å². The number of ether oxygens (including phenoxy) is 3. The maximum atomic E-state index is 13.8. The predicted octanol–water partition coefficient (Wildman–Crippen LogP) is 2.52. The van der Waals surface area contributed by atoms with E-state index in [-0.39, 0.29) is 37.2 Å². The molecule has 2 aliphatic rings. The van der Waals surface area contributed by atoms with E-state index in [1.54, 1.807) is 32.0 Å². The molecule has 0 bridgehead atoms. The van der Waals surface area contributed by atoms with Gasteiger partial charge in [-0.15, -0.1) is 0 Å². The van der Waals surface area contributed by atoms with Crippen LogP contribution in [0.5, 0.6) is 11.5 Å². The second-order valence-corrected chi connectivity index (χ2v) is 8.41. The van der Waals surface area contributed by atoms with E-state index in [0.29, 0.717) is 23.7 Å². The summed E-state index contributed by atoms with van der Waals surface area (Å²) in [6.07, 6.45) is 0. The summed E-state index contributed by atoms with van der Waals surface area (Å²) in [6, 6.07) is 15.9. The van der Waals surface area contributed by atoms with Gasteiger partial charge in [-0.1, -0.05) is 30.3 Å². The number of aromatic nitrogens is 2. The Labute approximate surface area is 201 Å². The average Bonchev–Trinajstić information content (AvgIpc) is 3.50. The molecule has 1 atom stereocenters. The predicted molar refractivity (Wildman–Crippen MR) is 124 cm³/mol. The van der Waals surface area contributed by atoms with Crippen molar-refractivity contribution >= 4 is 23.5 Å². The summed E-state index contributed by atoms with van der Waals surface area (Å²) < 4.78 is 17.3. The Morgan fingerprint density at radius 1 is 1.11 bits per heavy atom. The van der Waals surface area contributed by atoms with Gasteiger partial charge in [-0.3, -0.25) is 19.2 Å². The van der Waals surface area contributed by atoms with Gasteiger partial charge in [-0.25, -0.2) is 4.79 Å². The molecule has 0 saturated carbocycles. The molecule has 35 heavy (non-hydrogen) atoms. The monoisotopic (exact) mass is 476 g/mol. The maximum absolute atomic E-state index is 13.8. The molecule has 0 unspecified atom stereocenters. The van der Waals surface area contributed by atoms with E-state index in [4.69, 9.17) is 14.2 Å². The number of esters is 1. The summed E-state index contributed by atoms with van der Waals surface area (Å²) in [4.78, 5) is 41.1. The average molecular weight is 476 g/mol. The van der Waals surface area contributed by atoms with Crippen LogP contribution in [0.15, 0.2) is 54.6 Å². The number of amides is 2. The first-order valence-electron chi connectivity index (χ1n) is 11.2. The van der Waals surface area contributed by atoms with E-state index in [2.05, 4.69) is 10.4 Å². The standard InChI is InChI=1S/C25H24N4O6/c1-3-33-23(31)18-12-19-22(30)29(17-9-10-20-21(11-17)35-15-34-20)25(2,14-28(19)27-18)24(32)26-13-16-7-5-4-6-8-16/h4-12H,3,13-15H2,1-2H3,(H,26,32)/t25-/m1/s1. The van der Waals surface area contributed by atoms with Gasteiger partial charge in [0.05, 0.1) is 13.2 Å². The number of carbonyl (C=O) groups is 3. The molecule has 3 heterocycles. The smallest absolute Gasteiger partial charge is 0.358 e. The molecular weight excluding hydrogens is 452 g/mol. The first-order chi connectivity index (χ1) is 16.9. The van der Waals surface area contributed by atoms with Crippen LogP contribution in [0.4, 0.5) is 5.69 Å². The molecule has 10 heteroatoms. The number of nitrogens with zero attached hydrogens (tertiary/aromatic N) is 3. The van der Waals surface area contributed by atoms with Crippen LogP contribution in [0.25, 0.3) is 0 Å². The number of hydrogen-bond acceptors (Lipinski definition) is 7. The quantitative estimate of drug-likeness (QED) is 0.544. The lowest BCUT2D eigenvalue weighted by molar-refractivity contribution is -0.126. The molecule has 0 fully saturated rings. The summed E-state index contributed by atoms with van der Waals surface area (Å²) >= 11 is 0. The van der Waals surface area contributed by atoms with Gasteiger partial charge in [-0.2, -0.15) is 5.10 Å². The Balaban J connectivity index is 1.53. The molecule has 0 radical (unpaired) electrons. The van der Waals surface area contributed by atoms with Gasteiger partial charge in [0.15, 0.2) is 17.2 Å². The highest BCUT2D eigenvalue weighted by molar-refractivity contribution is 6.12. The topological polar surface area (TPSA) is 112 Å². The van der Waals surface area contributed by atoms with Crippen LogP contribution in [0.1, 0.15) is 40.4 Å². The van der Waals surface area contributed by atoms with Crippen molar-refractivity contribution in [2.24, 2.45) is 0 Å². The molecule has 1 N–H and O–H groups in total. The summed E-state index contributed by atoms with van der Waals surface area (Å²) in [6.45, 7) is 3.94. The second-order valence-electron chi connectivity index (χ2n) is 8.41. The highest BCUT2D eigenvalue weighted by Gasteiger charge is 2.49. The van der Waals surface area contributed by atoms with Crippen molar-refractivity contribution in [3.05, 3.63) is 71.5 Å². The van der Waals surface area contributed by atoms with Gasteiger partial charge in [0.1, 0.15) is 11.2 Å². The third kappa shape index (κ3) is 3.96. The van der Waals surface area contributed by atoms with E-state index in [9.17, 15) is 14.4 Å². The lowest BCUT2D eigenvalue weighted by atomic mass is 9.93. The number of rotatable bonds is 6. The first kappa shape index (κ1) is 22.5. The number of benzene rings is 2. The lowest BCUT2D eigenvalue weighted by Crippen LogP contribution is -2.64. The third-order valence-electron chi connectivity index (χ3n) is 6.04. The SMILES string of the molecule is CCOC(=O)c1cc2n(n1)C[C@](C)(C(=O)NCc1ccccc1)N(c1ccc3c(c1)OCO3)C2=O. The summed E-state index contributed by atoms with van der Waals surface area (Å²) in [7, 11) is 0. The normalized spacial score (nSPS) is 18.2. The van der Waals surface area contributed by atoms with Crippen molar-refractivity contribution in [1.29, 1.82) is 0 Å². The van der Waals surface area contributed by atoms with E-state index in [0.717, 1.165) is 5.56 Å². The minimum absolute atomic E-state index is 0.00906. The molecule has 0 aliphatic carbocycles. The van der Waals surface area contributed by atoms with Crippen LogP contribution in [-0.4, -0.2) is 46.5 Å². The van der Waals surface area contributed by atoms with Crippen molar-refractivity contribution in [1.82, 2.24) is 15.1 Å². The fourth-order valence-corrected chi connectivity index (χ4v) is 4.28. The van der Waals surface area contributed by atoms with Crippen LogP contribution in [0.2, 0.25) is 0 Å². The van der Waals surface area contributed by atoms with E-state index < -0.39 is 17.4 Å². The minimum atomic E-state index is -1.36. The van der Waals surface area contributed by atoms with E-state index in [1.165, 1.54) is 15.6 Å². The number of fused-ring (bicyclic) bond motifs is 2. The Morgan fingerprint density at radius 3 is 2.66 bits per heavy atom. The molecule has 3 aromatic rings. The van der Waals surface area contributed by atoms with Crippen LogP contribution in [-0.2, 0) is 22.6 Å².